The van der Waals surface area contributed by atoms with Crippen LogP contribution in [-0.2, 0) is 4.79 Å². The number of hydrogen-bond donors (Lipinski definition) is 2. The predicted molar refractivity (Wildman–Crippen MR) is 112 cm³/mol. The summed E-state index contributed by atoms with van der Waals surface area (Å²) >= 11 is 12.1. The van der Waals surface area contributed by atoms with Crippen LogP contribution in [0.2, 0.25) is 10.0 Å². The molecule has 1 fully saturated rings. The number of nitrogens with one attached hydrogen (secondary N) is 2. The molecule has 8 heteroatoms. The van der Waals surface area contributed by atoms with Gasteiger partial charge < -0.3 is 10.1 Å². The first-order chi connectivity index (χ1) is 14.1. The maximum Gasteiger partial charge on any atom is 0.156 e. The lowest BCUT2D eigenvalue weighted by atomic mass is 9.74. The molecule has 1 saturated heterocycles. The van der Waals surface area contributed by atoms with Gasteiger partial charge in [0, 0.05) is 33.8 Å². The Labute approximate surface area is 176 Å². The number of Topliss-reactive ketones (excluding diaryl/α,β-unsaturated/α-hetero) is 1. The standard InChI is InChI=1S/C21H16Cl2N4O2/c22-12-5-13(23)7-15(6-12)29-14-3-1-2-11(4-14)19-16-8-25-27-21(16)26-17-9-24-10-18(28)20(17)19/h1-8,19-20,24H,9-10H2,(H,25,27). The average Bonchev–Trinajstić information content (AvgIpc) is 3.14. The van der Waals surface area contributed by atoms with Crippen molar-refractivity contribution in [2.75, 3.05) is 13.1 Å². The summed E-state index contributed by atoms with van der Waals surface area (Å²) < 4.78 is 5.98. The Morgan fingerprint density at radius 3 is 2.66 bits per heavy atom. The Balaban J connectivity index is 1.54. The SMILES string of the molecule is O=C1CNCC2=Nc3[nH]ncc3C(c3cccc(Oc4cc(Cl)cc(Cl)c4)c3)C12. The number of aromatic nitrogens is 2. The number of H-pyrrole nitrogens is 1. The zero-order valence-corrected chi connectivity index (χ0v) is 16.7. The molecule has 0 spiro atoms. The Morgan fingerprint density at radius 1 is 1.00 bits per heavy atom. The third-order valence-electron chi connectivity index (χ3n) is 5.17. The van der Waals surface area contributed by atoms with E-state index < -0.39 is 0 Å². The molecule has 29 heavy (non-hydrogen) atoms. The van der Waals surface area contributed by atoms with Crippen LogP contribution in [0, 0.1) is 5.92 Å². The highest BCUT2D eigenvalue weighted by molar-refractivity contribution is 6.34. The van der Waals surface area contributed by atoms with Gasteiger partial charge in [-0.05, 0) is 35.9 Å². The van der Waals surface area contributed by atoms with Gasteiger partial charge in [-0.25, -0.2) is 4.99 Å². The number of fused-ring (bicyclic) bond motifs is 2. The quantitative estimate of drug-likeness (QED) is 0.645. The molecule has 0 amide bonds. The van der Waals surface area contributed by atoms with Gasteiger partial charge in [-0.2, -0.15) is 5.10 Å². The number of benzene rings is 2. The van der Waals surface area contributed by atoms with Gasteiger partial charge in [0.1, 0.15) is 11.5 Å². The molecule has 6 nitrogen and oxygen atoms in total. The van der Waals surface area contributed by atoms with E-state index in [1.165, 1.54) is 0 Å². The summed E-state index contributed by atoms with van der Waals surface area (Å²) in [7, 11) is 0. The normalized spacial score (nSPS) is 20.6. The first-order valence-corrected chi connectivity index (χ1v) is 9.92. The van der Waals surface area contributed by atoms with Gasteiger partial charge in [-0.1, -0.05) is 35.3 Å². The Morgan fingerprint density at radius 2 is 1.83 bits per heavy atom. The fraction of sp³-hybridized carbons (Fsp3) is 0.190. The molecule has 2 N–H and O–H groups in total. The van der Waals surface area contributed by atoms with Crippen LogP contribution < -0.4 is 10.1 Å². The summed E-state index contributed by atoms with van der Waals surface area (Å²) in [6.45, 7) is 0.924. The monoisotopic (exact) mass is 426 g/mol. The molecule has 0 bridgehead atoms. The molecule has 2 aromatic carbocycles. The van der Waals surface area contributed by atoms with Gasteiger partial charge in [0.05, 0.1) is 18.7 Å². The van der Waals surface area contributed by atoms with E-state index in [2.05, 4.69) is 20.5 Å². The van der Waals surface area contributed by atoms with Crippen molar-refractivity contribution in [2.45, 2.75) is 5.92 Å². The van der Waals surface area contributed by atoms with E-state index in [1.54, 1.807) is 24.4 Å². The zero-order chi connectivity index (χ0) is 20.0. The van der Waals surface area contributed by atoms with Gasteiger partial charge in [-0.3, -0.25) is 9.89 Å². The fourth-order valence-corrected chi connectivity index (χ4v) is 4.51. The van der Waals surface area contributed by atoms with Crippen molar-refractivity contribution in [1.82, 2.24) is 15.5 Å². The molecule has 2 aliphatic rings. The zero-order valence-electron chi connectivity index (χ0n) is 15.2. The van der Waals surface area contributed by atoms with E-state index in [0.29, 0.717) is 40.5 Å². The van der Waals surface area contributed by atoms with Crippen LogP contribution in [0.5, 0.6) is 11.5 Å². The van der Waals surface area contributed by atoms with Crippen LogP contribution >= 0.6 is 23.2 Å². The topological polar surface area (TPSA) is 79.4 Å². The Kier molecular flexibility index (Phi) is 4.62. The first kappa shape index (κ1) is 18.4. The summed E-state index contributed by atoms with van der Waals surface area (Å²) in [5, 5.41) is 11.2. The number of carbonyl (C=O) groups is 1. The van der Waals surface area contributed by atoms with Crippen molar-refractivity contribution in [3.05, 3.63) is 69.8 Å². The smallest absolute Gasteiger partial charge is 0.156 e. The molecule has 0 radical (unpaired) electrons. The van der Waals surface area contributed by atoms with E-state index in [4.69, 9.17) is 27.9 Å². The molecule has 146 valence electrons. The molecule has 0 aliphatic carbocycles. The largest absolute Gasteiger partial charge is 0.457 e. The van der Waals surface area contributed by atoms with E-state index >= 15 is 0 Å². The lowest BCUT2D eigenvalue weighted by Gasteiger charge is -2.34. The van der Waals surface area contributed by atoms with Crippen LogP contribution in [0.15, 0.2) is 53.7 Å². The highest BCUT2D eigenvalue weighted by Crippen LogP contribution is 2.43. The minimum Gasteiger partial charge on any atom is -0.457 e. The molecule has 2 unspecified atom stereocenters. The fourth-order valence-electron chi connectivity index (χ4n) is 4.00. The maximum absolute atomic E-state index is 12.8. The van der Waals surface area contributed by atoms with Crippen LogP contribution in [0.3, 0.4) is 0 Å². The lowest BCUT2D eigenvalue weighted by Crippen LogP contribution is -2.48. The van der Waals surface area contributed by atoms with E-state index in [0.717, 1.165) is 16.8 Å². The summed E-state index contributed by atoms with van der Waals surface area (Å²) in [5.74, 6) is 1.53. The van der Waals surface area contributed by atoms with Gasteiger partial charge in [0.25, 0.3) is 0 Å². The Bertz CT molecular complexity index is 1120. The molecular formula is C21H16Cl2N4O2. The number of hydrogen-bond acceptors (Lipinski definition) is 5. The number of carbonyl (C=O) groups excluding carboxylic acids is 1. The molecule has 2 aliphatic heterocycles. The highest BCUT2D eigenvalue weighted by Gasteiger charge is 2.41. The number of halogens is 2. The lowest BCUT2D eigenvalue weighted by molar-refractivity contribution is -0.120. The first-order valence-electron chi connectivity index (χ1n) is 9.16. The molecule has 3 aromatic rings. The number of nitrogens with zero attached hydrogens (tertiary/aromatic N) is 2. The van der Waals surface area contributed by atoms with E-state index in [-0.39, 0.29) is 17.6 Å². The minimum absolute atomic E-state index is 0.125. The van der Waals surface area contributed by atoms with Crippen molar-refractivity contribution in [3.8, 4) is 11.5 Å². The van der Waals surface area contributed by atoms with Crippen LogP contribution in [0.1, 0.15) is 17.0 Å². The second-order valence-corrected chi connectivity index (χ2v) is 7.95. The summed E-state index contributed by atoms with van der Waals surface area (Å²) in [4.78, 5) is 17.4. The van der Waals surface area contributed by atoms with E-state index in [9.17, 15) is 4.79 Å². The summed E-state index contributed by atoms with van der Waals surface area (Å²) in [6.07, 6.45) is 1.75. The van der Waals surface area contributed by atoms with Crippen molar-refractivity contribution in [3.63, 3.8) is 0 Å². The van der Waals surface area contributed by atoms with Crippen molar-refractivity contribution in [2.24, 2.45) is 10.9 Å². The second-order valence-electron chi connectivity index (χ2n) is 7.08. The number of aromatic amines is 1. The van der Waals surface area contributed by atoms with Gasteiger partial charge in [-0.15, -0.1) is 0 Å². The molecule has 2 atom stereocenters. The molecule has 1 aromatic heterocycles. The number of piperidine rings is 1. The molecular weight excluding hydrogens is 411 g/mol. The van der Waals surface area contributed by atoms with Crippen LogP contribution in [0.4, 0.5) is 5.82 Å². The second kappa shape index (κ2) is 7.30. The van der Waals surface area contributed by atoms with Crippen LogP contribution in [0.25, 0.3) is 0 Å². The van der Waals surface area contributed by atoms with Crippen molar-refractivity contribution < 1.29 is 9.53 Å². The average molecular weight is 427 g/mol. The summed E-state index contributed by atoms with van der Waals surface area (Å²) in [5.41, 5.74) is 2.71. The number of ether oxygens (including phenoxy) is 1. The summed E-state index contributed by atoms with van der Waals surface area (Å²) in [6, 6.07) is 12.8. The number of ketones is 1. The maximum atomic E-state index is 12.8. The van der Waals surface area contributed by atoms with Crippen molar-refractivity contribution in [1.29, 1.82) is 0 Å². The Hall–Kier alpha value is -2.67. The van der Waals surface area contributed by atoms with Crippen molar-refractivity contribution >= 4 is 40.5 Å². The van der Waals surface area contributed by atoms with E-state index in [1.807, 2.05) is 24.3 Å². The molecule has 3 heterocycles. The van der Waals surface area contributed by atoms with Gasteiger partial charge >= 0.3 is 0 Å². The third-order valence-corrected chi connectivity index (χ3v) is 5.61. The highest BCUT2D eigenvalue weighted by atomic mass is 35.5. The minimum atomic E-state index is -0.308. The molecule has 0 saturated carbocycles. The van der Waals surface area contributed by atoms with Crippen LogP contribution in [-0.4, -0.2) is 34.8 Å². The predicted octanol–water partition coefficient (Wildman–Crippen LogP) is 4.52. The number of rotatable bonds is 3. The number of aliphatic imine (C=N–C) groups is 1. The van der Waals surface area contributed by atoms with Gasteiger partial charge in [0.2, 0.25) is 0 Å². The van der Waals surface area contributed by atoms with Gasteiger partial charge in [0.15, 0.2) is 11.6 Å². The third kappa shape index (κ3) is 3.44. The molecule has 5 rings (SSSR count).